The van der Waals surface area contributed by atoms with Gasteiger partial charge >= 0.3 is 0 Å². The number of hydrazone groups is 1. The Bertz CT molecular complexity index is 733. The van der Waals surface area contributed by atoms with Crippen LogP contribution in [0.1, 0.15) is 15.9 Å². The first kappa shape index (κ1) is 16.1. The van der Waals surface area contributed by atoms with Crippen LogP contribution in [0.3, 0.4) is 0 Å². The Hall–Kier alpha value is -2.24. The molecule has 0 radical (unpaired) electrons. The summed E-state index contributed by atoms with van der Waals surface area (Å²) in [4.78, 5) is 11.9. The van der Waals surface area contributed by atoms with Gasteiger partial charge in [0.05, 0.1) is 28.9 Å². The van der Waals surface area contributed by atoms with Gasteiger partial charge in [-0.25, -0.2) is 5.43 Å². The number of aromatic hydroxyl groups is 1. The Morgan fingerprint density at radius 1 is 1.27 bits per heavy atom. The van der Waals surface area contributed by atoms with Crippen molar-refractivity contribution in [2.24, 2.45) is 5.10 Å². The molecule has 2 N–H and O–H groups in total. The molecule has 0 saturated heterocycles. The lowest BCUT2D eigenvalue weighted by molar-refractivity contribution is 0.0955. The summed E-state index contributed by atoms with van der Waals surface area (Å²) in [6.45, 7) is 0. The first-order valence-corrected chi connectivity index (χ1v) is 6.93. The van der Waals surface area contributed by atoms with Crippen molar-refractivity contribution in [3.05, 3.63) is 57.6 Å². The highest BCUT2D eigenvalue weighted by Gasteiger charge is 2.09. The number of halogens is 2. The summed E-state index contributed by atoms with van der Waals surface area (Å²) in [5.74, 6) is -0.369. The standard InChI is InChI=1S/C15H12Cl2N2O3/c1-22-13-7-9(6-12(17)14(13)20)8-18-19-15(21)10-4-2-3-5-11(10)16/h2-8,20H,1H3,(H,19,21)/b18-8-. The van der Waals surface area contributed by atoms with E-state index >= 15 is 0 Å². The molecule has 0 aliphatic heterocycles. The number of phenolic OH excluding ortho intramolecular Hbond substituents is 1. The average Bonchev–Trinajstić information content (AvgIpc) is 2.50. The molecule has 1 amide bonds. The Morgan fingerprint density at radius 2 is 2.00 bits per heavy atom. The summed E-state index contributed by atoms with van der Waals surface area (Å²) in [5.41, 5.74) is 3.24. The fraction of sp³-hybridized carbons (Fsp3) is 0.0667. The lowest BCUT2D eigenvalue weighted by Crippen LogP contribution is -2.17. The molecule has 2 aromatic rings. The van der Waals surface area contributed by atoms with Crippen molar-refractivity contribution in [3.8, 4) is 11.5 Å². The van der Waals surface area contributed by atoms with Crippen molar-refractivity contribution in [3.63, 3.8) is 0 Å². The molecule has 2 aromatic carbocycles. The number of hydrogen-bond acceptors (Lipinski definition) is 4. The summed E-state index contributed by atoms with van der Waals surface area (Å²) >= 11 is 11.8. The zero-order valence-corrected chi connectivity index (χ0v) is 13.0. The van der Waals surface area contributed by atoms with Gasteiger partial charge in [-0.05, 0) is 29.8 Å². The van der Waals surface area contributed by atoms with Crippen molar-refractivity contribution in [1.29, 1.82) is 0 Å². The SMILES string of the molecule is COc1cc(/C=N\NC(=O)c2ccccc2Cl)cc(Cl)c1O. The van der Waals surface area contributed by atoms with E-state index in [-0.39, 0.29) is 16.5 Å². The van der Waals surface area contributed by atoms with E-state index in [1.807, 2.05) is 0 Å². The first-order chi connectivity index (χ1) is 10.5. The molecule has 0 atom stereocenters. The van der Waals surface area contributed by atoms with Crippen molar-refractivity contribution in [2.45, 2.75) is 0 Å². The van der Waals surface area contributed by atoms with E-state index in [1.165, 1.54) is 25.5 Å². The molecule has 0 aromatic heterocycles. The molecule has 0 heterocycles. The molecule has 7 heteroatoms. The van der Waals surface area contributed by atoms with Crippen molar-refractivity contribution in [1.82, 2.24) is 5.43 Å². The minimum Gasteiger partial charge on any atom is -0.503 e. The molecule has 0 aliphatic carbocycles. The number of ether oxygens (including phenoxy) is 1. The maximum Gasteiger partial charge on any atom is 0.272 e. The molecular weight excluding hydrogens is 327 g/mol. The molecule has 2 rings (SSSR count). The molecule has 114 valence electrons. The molecule has 0 bridgehead atoms. The number of benzene rings is 2. The van der Waals surface area contributed by atoms with Crippen molar-refractivity contribution in [2.75, 3.05) is 7.11 Å². The summed E-state index contributed by atoms with van der Waals surface area (Å²) in [7, 11) is 1.41. The zero-order chi connectivity index (χ0) is 16.1. The summed E-state index contributed by atoms with van der Waals surface area (Å²) in [6, 6.07) is 9.66. The number of phenols is 1. The zero-order valence-electron chi connectivity index (χ0n) is 11.5. The number of nitrogens with one attached hydrogen (secondary N) is 1. The fourth-order valence-electron chi connectivity index (χ4n) is 1.69. The van der Waals surface area contributed by atoms with E-state index in [0.717, 1.165) is 0 Å². The summed E-state index contributed by atoms with van der Waals surface area (Å²) in [6.07, 6.45) is 1.38. The Morgan fingerprint density at radius 3 is 2.68 bits per heavy atom. The number of hydrogen-bond donors (Lipinski definition) is 2. The smallest absolute Gasteiger partial charge is 0.272 e. The molecule has 5 nitrogen and oxygen atoms in total. The topological polar surface area (TPSA) is 70.9 Å². The maximum atomic E-state index is 11.9. The van der Waals surface area contributed by atoms with Gasteiger partial charge in [0.15, 0.2) is 11.5 Å². The second-order valence-electron chi connectivity index (χ2n) is 4.23. The molecule has 0 unspecified atom stereocenters. The van der Waals surface area contributed by atoms with E-state index in [4.69, 9.17) is 27.9 Å². The van der Waals surface area contributed by atoms with E-state index in [2.05, 4.69) is 10.5 Å². The monoisotopic (exact) mass is 338 g/mol. The number of methoxy groups -OCH3 is 1. The minimum atomic E-state index is -0.432. The highest BCUT2D eigenvalue weighted by molar-refractivity contribution is 6.33. The number of nitrogens with zero attached hydrogens (tertiary/aromatic N) is 1. The van der Waals surface area contributed by atoms with E-state index < -0.39 is 5.91 Å². The third kappa shape index (κ3) is 3.69. The molecule has 0 saturated carbocycles. The van der Waals surface area contributed by atoms with Gasteiger partial charge in [0.2, 0.25) is 0 Å². The molecular formula is C15H12Cl2N2O3. The van der Waals surface area contributed by atoms with Crippen LogP contribution in [0.25, 0.3) is 0 Å². The molecule has 0 spiro atoms. The highest BCUT2D eigenvalue weighted by atomic mass is 35.5. The van der Waals surface area contributed by atoms with Crippen LogP contribution >= 0.6 is 23.2 Å². The lowest BCUT2D eigenvalue weighted by Gasteiger charge is -2.06. The second-order valence-corrected chi connectivity index (χ2v) is 5.05. The second kappa shape index (κ2) is 7.15. The van der Waals surface area contributed by atoms with E-state index in [1.54, 1.807) is 24.3 Å². The van der Waals surface area contributed by atoms with Crippen LogP contribution in [0, 0.1) is 0 Å². The van der Waals surface area contributed by atoms with Gasteiger partial charge in [0, 0.05) is 0 Å². The van der Waals surface area contributed by atoms with Crippen LogP contribution in [0.5, 0.6) is 11.5 Å². The Balaban J connectivity index is 2.12. The van der Waals surface area contributed by atoms with E-state index in [9.17, 15) is 9.90 Å². The van der Waals surface area contributed by atoms with Gasteiger partial charge in [-0.1, -0.05) is 35.3 Å². The normalized spacial score (nSPS) is 10.7. The lowest BCUT2D eigenvalue weighted by atomic mass is 10.2. The average molecular weight is 339 g/mol. The van der Waals surface area contributed by atoms with Gasteiger partial charge in [0.25, 0.3) is 5.91 Å². The van der Waals surface area contributed by atoms with Gasteiger partial charge in [0.1, 0.15) is 0 Å². The third-order valence-electron chi connectivity index (χ3n) is 2.77. The first-order valence-electron chi connectivity index (χ1n) is 6.17. The number of amides is 1. The van der Waals surface area contributed by atoms with Crippen LogP contribution in [-0.4, -0.2) is 24.3 Å². The number of rotatable bonds is 4. The highest BCUT2D eigenvalue weighted by Crippen LogP contribution is 2.34. The molecule has 22 heavy (non-hydrogen) atoms. The third-order valence-corrected chi connectivity index (χ3v) is 3.39. The van der Waals surface area contributed by atoms with Gasteiger partial charge in [-0.2, -0.15) is 5.10 Å². The largest absolute Gasteiger partial charge is 0.503 e. The van der Waals surface area contributed by atoms with Gasteiger partial charge in [-0.3, -0.25) is 4.79 Å². The van der Waals surface area contributed by atoms with E-state index in [0.29, 0.717) is 16.1 Å². The maximum absolute atomic E-state index is 11.9. The number of carbonyl (C=O) groups is 1. The van der Waals surface area contributed by atoms with Crippen LogP contribution in [0.2, 0.25) is 10.0 Å². The molecule has 0 aliphatic rings. The van der Waals surface area contributed by atoms with Crippen molar-refractivity contribution >= 4 is 35.3 Å². The predicted molar refractivity (Wildman–Crippen MR) is 86.2 cm³/mol. The van der Waals surface area contributed by atoms with Gasteiger partial charge < -0.3 is 9.84 Å². The Labute approximate surface area is 137 Å². The summed E-state index contributed by atoms with van der Waals surface area (Å²) in [5, 5.41) is 13.9. The Kier molecular flexibility index (Phi) is 5.25. The summed E-state index contributed by atoms with van der Waals surface area (Å²) < 4.78 is 4.98. The number of carbonyl (C=O) groups excluding carboxylic acids is 1. The fourth-order valence-corrected chi connectivity index (χ4v) is 2.14. The van der Waals surface area contributed by atoms with Crippen LogP contribution in [0.15, 0.2) is 41.5 Å². The van der Waals surface area contributed by atoms with Crippen LogP contribution in [0.4, 0.5) is 0 Å². The van der Waals surface area contributed by atoms with Gasteiger partial charge in [-0.15, -0.1) is 0 Å². The molecule has 0 fully saturated rings. The van der Waals surface area contributed by atoms with Crippen LogP contribution in [-0.2, 0) is 0 Å². The predicted octanol–water partition coefficient (Wildman–Crippen LogP) is 3.47. The quantitative estimate of drug-likeness (QED) is 0.662. The van der Waals surface area contributed by atoms with Crippen molar-refractivity contribution < 1.29 is 14.6 Å². The van der Waals surface area contributed by atoms with Crippen LogP contribution < -0.4 is 10.2 Å². The minimum absolute atomic E-state index is 0.123.